The van der Waals surface area contributed by atoms with Crippen molar-refractivity contribution in [3.63, 3.8) is 0 Å². The number of aryl methyl sites for hydroxylation is 3. The summed E-state index contributed by atoms with van der Waals surface area (Å²) >= 11 is 0. The molecular formula is C23H28N2O2. The molecule has 0 saturated carbocycles. The van der Waals surface area contributed by atoms with E-state index in [1.807, 2.05) is 60.9 Å². The predicted molar refractivity (Wildman–Crippen MR) is 109 cm³/mol. The molecule has 1 fully saturated rings. The van der Waals surface area contributed by atoms with Gasteiger partial charge in [-0.05, 0) is 44.4 Å². The van der Waals surface area contributed by atoms with Gasteiger partial charge in [-0.15, -0.1) is 0 Å². The Kier molecular flexibility index (Phi) is 5.64. The SMILES string of the molecule is CCN(Cc1ccccc1)C(=O)C1CC(=O)N(c2c(C)cc(C)cc2C)C1. The van der Waals surface area contributed by atoms with Gasteiger partial charge in [0.15, 0.2) is 0 Å². The molecule has 2 aromatic carbocycles. The maximum Gasteiger partial charge on any atom is 0.228 e. The quantitative estimate of drug-likeness (QED) is 0.804. The Morgan fingerprint density at radius 1 is 1.11 bits per heavy atom. The molecule has 0 aromatic heterocycles. The summed E-state index contributed by atoms with van der Waals surface area (Å²) in [5.74, 6) is -0.167. The van der Waals surface area contributed by atoms with Crippen LogP contribution >= 0.6 is 0 Å². The number of hydrogen-bond donors (Lipinski definition) is 0. The van der Waals surface area contributed by atoms with E-state index in [2.05, 4.69) is 19.1 Å². The molecule has 3 rings (SSSR count). The van der Waals surface area contributed by atoms with Crippen LogP contribution < -0.4 is 4.90 Å². The predicted octanol–water partition coefficient (Wildman–Crippen LogP) is 4.01. The van der Waals surface area contributed by atoms with Gasteiger partial charge in [0, 0.05) is 31.7 Å². The van der Waals surface area contributed by atoms with E-state index in [1.165, 1.54) is 5.56 Å². The largest absolute Gasteiger partial charge is 0.338 e. The molecule has 4 heteroatoms. The highest BCUT2D eigenvalue weighted by molar-refractivity contribution is 6.01. The topological polar surface area (TPSA) is 40.6 Å². The van der Waals surface area contributed by atoms with Crippen molar-refractivity contribution in [3.8, 4) is 0 Å². The summed E-state index contributed by atoms with van der Waals surface area (Å²) in [6.45, 7) is 9.81. The first-order chi connectivity index (χ1) is 12.9. The second-order valence-corrected chi connectivity index (χ2v) is 7.49. The van der Waals surface area contributed by atoms with Crippen LogP contribution in [0.2, 0.25) is 0 Å². The molecule has 1 aliphatic rings. The molecule has 27 heavy (non-hydrogen) atoms. The molecule has 2 aromatic rings. The molecule has 0 radical (unpaired) electrons. The number of carbonyl (C=O) groups is 2. The lowest BCUT2D eigenvalue weighted by molar-refractivity contribution is -0.136. The van der Waals surface area contributed by atoms with Gasteiger partial charge in [-0.25, -0.2) is 0 Å². The molecule has 0 N–H and O–H groups in total. The zero-order chi connectivity index (χ0) is 19.6. The van der Waals surface area contributed by atoms with Gasteiger partial charge in [0.2, 0.25) is 11.8 Å². The van der Waals surface area contributed by atoms with Crippen molar-refractivity contribution < 1.29 is 9.59 Å². The minimum Gasteiger partial charge on any atom is -0.338 e. The van der Waals surface area contributed by atoms with Gasteiger partial charge >= 0.3 is 0 Å². The first kappa shape index (κ1) is 19.2. The van der Waals surface area contributed by atoms with E-state index >= 15 is 0 Å². The second-order valence-electron chi connectivity index (χ2n) is 7.49. The van der Waals surface area contributed by atoms with Crippen molar-refractivity contribution in [1.29, 1.82) is 0 Å². The molecule has 142 valence electrons. The molecule has 1 saturated heterocycles. The Labute approximate surface area is 161 Å². The van der Waals surface area contributed by atoms with Gasteiger partial charge in [0.1, 0.15) is 0 Å². The number of carbonyl (C=O) groups excluding carboxylic acids is 2. The summed E-state index contributed by atoms with van der Waals surface area (Å²) in [7, 11) is 0. The average Bonchev–Trinajstić information content (AvgIpc) is 3.00. The Bertz CT molecular complexity index is 822. The van der Waals surface area contributed by atoms with Crippen LogP contribution in [0.25, 0.3) is 0 Å². The lowest BCUT2D eigenvalue weighted by Crippen LogP contribution is -2.37. The lowest BCUT2D eigenvalue weighted by Gasteiger charge is -2.25. The second kappa shape index (κ2) is 7.95. The van der Waals surface area contributed by atoms with E-state index in [9.17, 15) is 9.59 Å². The van der Waals surface area contributed by atoms with Gasteiger partial charge in [-0.1, -0.05) is 48.0 Å². The van der Waals surface area contributed by atoms with Crippen molar-refractivity contribution in [1.82, 2.24) is 4.90 Å². The number of rotatable bonds is 5. The monoisotopic (exact) mass is 364 g/mol. The highest BCUT2D eigenvalue weighted by Crippen LogP contribution is 2.32. The summed E-state index contributed by atoms with van der Waals surface area (Å²) in [6, 6.07) is 14.2. The standard InChI is InChI=1S/C23H28N2O2/c1-5-24(14-19-9-7-6-8-10-19)23(27)20-13-21(26)25(15-20)22-17(3)11-16(2)12-18(22)4/h6-12,20H,5,13-15H2,1-4H3. The van der Waals surface area contributed by atoms with Crippen LogP contribution in [0.5, 0.6) is 0 Å². The van der Waals surface area contributed by atoms with Crippen LogP contribution in [0, 0.1) is 26.7 Å². The number of amides is 2. The molecule has 0 aliphatic carbocycles. The highest BCUT2D eigenvalue weighted by Gasteiger charge is 2.37. The number of anilines is 1. The summed E-state index contributed by atoms with van der Waals surface area (Å²) in [4.78, 5) is 29.4. The molecular weight excluding hydrogens is 336 g/mol. The van der Waals surface area contributed by atoms with Gasteiger partial charge in [0.05, 0.1) is 5.92 Å². The third-order valence-corrected chi connectivity index (χ3v) is 5.29. The lowest BCUT2D eigenvalue weighted by atomic mass is 10.0. The minimum absolute atomic E-state index is 0.0409. The average molecular weight is 364 g/mol. The molecule has 0 spiro atoms. The van der Waals surface area contributed by atoms with Crippen molar-refractivity contribution >= 4 is 17.5 Å². The van der Waals surface area contributed by atoms with E-state index in [0.29, 0.717) is 19.6 Å². The Morgan fingerprint density at radius 2 is 1.74 bits per heavy atom. The van der Waals surface area contributed by atoms with Crippen molar-refractivity contribution in [2.45, 2.75) is 40.7 Å². The van der Waals surface area contributed by atoms with Gasteiger partial charge in [0.25, 0.3) is 0 Å². The minimum atomic E-state index is -0.277. The fourth-order valence-electron chi connectivity index (χ4n) is 4.09. The molecule has 1 unspecified atom stereocenters. The van der Waals surface area contributed by atoms with Crippen molar-refractivity contribution in [2.24, 2.45) is 5.92 Å². The van der Waals surface area contributed by atoms with Gasteiger partial charge in [-0.2, -0.15) is 0 Å². The van der Waals surface area contributed by atoms with Crippen molar-refractivity contribution in [3.05, 3.63) is 64.7 Å². The van der Waals surface area contributed by atoms with Crippen LogP contribution in [0.3, 0.4) is 0 Å². The summed E-state index contributed by atoms with van der Waals surface area (Å²) in [5, 5.41) is 0. The number of nitrogens with zero attached hydrogens (tertiary/aromatic N) is 2. The summed E-state index contributed by atoms with van der Waals surface area (Å²) in [5.41, 5.74) is 5.44. The van der Waals surface area contributed by atoms with Crippen LogP contribution in [0.4, 0.5) is 5.69 Å². The Balaban J connectivity index is 1.77. The molecule has 2 amide bonds. The smallest absolute Gasteiger partial charge is 0.228 e. The van der Waals surface area contributed by atoms with Crippen LogP contribution in [-0.4, -0.2) is 29.8 Å². The molecule has 1 heterocycles. The number of benzene rings is 2. The fraction of sp³-hybridized carbons (Fsp3) is 0.391. The molecule has 1 aliphatic heterocycles. The van der Waals surface area contributed by atoms with Gasteiger partial charge in [-0.3, -0.25) is 9.59 Å². The Morgan fingerprint density at radius 3 is 2.33 bits per heavy atom. The maximum atomic E-state index is 13.1. The first-order valence-corrected chi connectivity index (χ1v) is 9.61. The van der Waals surface area contributed by atoms with Crippen LogP contribution in [0.15, 0.2) is 42.5 Å². The highest BCUT2D eigenvalue weighted by atomic mass is 16.2. The fourth-order valence-corrected chi connectivity index (χ4v) is 4.09. The zero-order valence-corrected chi connectivity index (χ0v) is 16.7. The van der Waals surface area contributed by atoms with Crippen LogP contribution in [0.1, 0.15) is 35.6 Å². The normalized spacial score (nSPS) is 16.7. The van der Waals surface area contributed by atoms with Gasteiger partial charge < -0.3 is 9.80 Å². The third kappa shape index (κ3) is 4.05. The summed E-state index contributed by atoms with van der Waals surface area (Å²) < 4.78 is 0. The van der Waals surface area contributed by atoms with E-state index in [0.717, 1.165) is 22.4 Å². The number of hydrogen-bond acceptors (Lipinski definition) is 2. The molecule has 0 bridgehead atoms. The van der Waals surface area contributed by atoms with E-state index < -0.39 is 0 Å². The van der Waals surface area contributed by atoms with E-state index in [4.69, 9.17) is 0 Å². The molecule has 1 atom stereocenters. The van der Waals surface area contributed by atoms with E-state index in [-0.39, 0.29) is 24.2 Å². The van der Waals surface area contributed by atoms with Crippen LogP contribution in [-0.2, 0) is 16.1 Å². The Hall–Kier alpha value is -2.62. The summed E-state index contributed by atoms with van der Waals surface area (Å²) in [6.07, 6.45) is 0.289. The molecule has 4 nitrogen and oxygen atoms in total. The first-order valence-electron chi connectivity index (χ1n) is 9.61. The van der Waals surface area contributed by atoms with E-state index in [1.54, 1.807) is 0 Å². The van der Waals surface area contributed by atoms with Crippen molar-refractivity contribution in [2.75, 3.05) is 18.0 Å². The third-order valence-electron chi connectivity index (χ3n) is 5.29. The maximum absolute atomic E-state index is 13.1. The zero-order valence-electron chi connectivity index (χ0n) is 16.7.